The fourth-order valence-electron chi connectivity index (χ4n) is 1.72. The van der Waals surface area contributed by atoms with E-state index < -0.39 is 0 Å². The Kier molecular flexibility index (Phi) is 5.02. The number of pyridine rings is 1. The van der Waals surface area contributed by atoms with Crippen molar-refractivity contribution in [1.82, 2.24) is 4.57 Å². The molecule has 1 heterocycles. The van der Waals surface area contributed by atoms with Gasteiger partial charge < -0.3 is 0 Å². The van der Waals surface area contributed by atoms with E-state index >= 15 is 0 Å². The Morgan fingerprint density at radius 2 is 1.76 bits per heavy atom. The van der Waals surface area contributed by atoms with E-state index in [4.69, 9.17) is 0 Å². The lowest BCUT2D eigenvalue weighted by Crippen LogP contribution is -2.28. The molecule has 0 spiro atoms. The van der Waals surface area contributed by atoms with Gasteiger partial charge in [0.2, 0.25) is 5.91 Å². The van der Waals surface area contributed by atoms with Crippen molar-refractivity contribution >= 4 is 23.4 Å². The zero-order valence-corrected chi connectivity index (χ0v) is 13.4. The number of hydrogen-bond donors (Lipinski definition) is 0. The number of benzene rings is 1. The van der Waals surface area contributed by atoms with Gasteiger partial charge in [0.05, 0.1) is 11.4 Å². The highest BCUT2D eigenvalue weighted by Gasteiger charge is 2.14. The van der Waals surface area contributed by atoms with Crippen LogP contribution in [0.4, 0.5) is 5.69 Å². The fraction of sp³-hybridized carbons (Fsp3) is 0.294. The Balaban J connectivity index is 2.29. The second-order valence-electron chi connectivity index (χ2n) is 5.67. The largest absolute Gasteiger partial charge is 0.273 e. The molecule has 0 unspecified atom stereocenters. The molecule has 2 rings (SSSR count). The summed E-state index contributed by atoms with van der Waals surface area (Å²) in [5, 5.41) is 0. The van der Waals surface area contributed by atoms with Crippen LogP contribution in [0.1, 0.15) is 25.6 Å². The van der Waals surface area contributed by atoms with Crippen LogP contribution in [0.3, 0.4) is 0 Å². The molecule has 0 aliphatic rings. The summed E-state index contributed by atoms with van der Waals surface area (Å²) in [5.41, 5.74) is 1.50. The van der Waals surface area contributed by atoms with Crippen molar-refractivity contribution in [2.24, 2.45) is 4.99 Å². The van der Waals surface area contributed by atoms with Gasteiger partial charge in [-0.25, -0.2) is 4.99 Å². The summed E-state index contributed by atoms with van der Waals surface area (Å²) in [6, 6.07) is 15.3. The lowest BCUT2D eigenvalue weighted by atomic mass is 10.3. The first-order chi connectivity index (χ1) is 9.96. The number of hydrogen-bond acceptors (Lipinski definition) is 3. The van der Waals surface area contributed by atoms with Crippen molar-refractivity contribution in [2.45, 2.75) is 25.5 Å². The van der Waals surface area contributed by atoms with Gasteiger partial charge in [0.25, 0.3) is 0 Å². The van der Waals surface area contributed by atoms with Crippen molar-refractivity contribution < 1.29 is 4.79 Å². The molecule has 0 saturated carbocycles. The van der Waals surface area contributed by atoms with Gasteiger partial charge in [-0.3, -0.25) is 9.36 Å². The Labute approximate surface area is 129 Å². The highest BCUT2D eigenvalue weighted by Crippen LogP contribution is 2.22. The van der Waals surface area contributed by atoms with E-state index in [0.29, 0.717) is 11.2 Å². The zero-order valence-electron chi connectivity index (χ0n) is 12.6. The van der Waals surface area contributed by atoms with Crippen LogP contribution >= 0.6 is 11.8 Å². The summed E-state index contributed by atoms with van der Waals surface area (Å²) < 4.78 is 1.69. The first kappa shape index (κ1) is 15.6. The second-order valence-corrected chi connectivity index (χ2v) is 7.47. The number of rotatable bonds is 3. The minimum absolute atomic E-state index is 0.0465. The molecule has 0 amide bonds. The average molecular weight is 300 g/mol. The van der Waals surface area contributed by atoms with Crippen LogP contribution in [0.2, 0.25) is 0 Å². The van der Waals surface area contributed by atoms with E-state index in [2.05, 4.69) is 25.8 Å². The van der Waals surface area contributed by atoms with Crippen LogP contribution < -0.4 is 5.49 Å². The summed E-state index contributed by atoms with van der Waals surface area (Å²) in [4.78, 5) is 16.9. The van der Waals surface area contributed by atoms with Gasteiger partial charge in [-0.15, -0.1) is 11.8 Å². The van der Waals surface area contributed by atoms with E-state index in [1.165, 1.54) is 0 Å². The normalized spacial score (nSPS) is 12.4. The number of thioether (sulfide) groups is 1. The van der Waals surface area contributed by atoms with Gasteiger partial charge in [-0.1, -0.05) is 45.0 Å². The molecule has 0 N–H and O–H groups in total. The zero-order chi connectivity index (χ0) is 15.3. The number of nitrogens with zero attached hydrogens (tertiary/aromatic N) is 2. The summed E-state index contributed by atoms with van der Waals surface area (Å²) in [6.07, 6.45) is 1.77. The highest BCUT2D eigenvalue weighted by molar-refractivity contribution is 8.01. The van der Waals surface area contributed by atoms with E-state index in [1.807, 2.05) is 48.5 Å². The van der Waals surface area contributed by atoms with E-state index in [-0.39, 0.29) is 10.7 Å². The van der Waals surface area contributed by atoms with E-state index in [9.17, 15) is 4.79 Å². The average Bonchev–Trinajstić information content (AvgIpc) is 2.46. The lowest BCUT2D eigenvalue weighted by Gasteiger charge is -2.17. The number of carbonyl (C=O) groups is 1. The first-order valence-corrected chi connectivity index (χ1v) is 7.89. The van der Waals surface area contributed by atoms with Gasteiger partial charge >= 0.3 is 0 Å². The summed E-state index contributed by atoms with van der Waals surface area (Å²) in [6.45, 7) is 6.32. The van der Waals surface area contributed by atoms with Crippen LogP contribution in [0, 0.1) is 0 Å². The van der Waals surface area contributed by atoms with Gasteiger partial charge in [-0.05, 0) is 24.3 Å². The van der Waals surface area contributed by atoms with E-state index in [1.54, 1.807) is 22.5 Å². The first-order valence-electron chi connectivity index (χ1n) is 6.90. The fourth-order valence-corrected chi connectivity index (χ4v) is 2.41. The SMILES string of the molecule is CC(C)(C)SCC(=O)n1ccccc1=Nc1ccccc1. The van der Waals surface area contributed by atoms with Gasteiger partial charge in [-0.2, -0.15) is 0 Å². The molecule has 0 saturated heterocycles. The Hall–Kier alpha value is -1.81. The predicted octanol–water partition coefficient (Wildman–Crippen LogP) is 3.89. The molecule has 0 radical (unpaired) electrons. The van der Waals surface area contributed by atoms with Crippen LogP contribution in [0.5, 0.6) is 0 Å². The third-order valence-electron chi connectivity index (χ3n) is 2.74. The van der Waals surface area contributed by atoms with Crippen molar-refractivity contribution in [3.05, 3.63) is 60.2 Å². The highest BCUT2D eigenvalue weighted by atomic mass is 32.2. The standard InChI is InChI=1S/C17H20N2OS/c1-17(2,3)21-13-16(20)19-12-8-7-11-15(19)18-14-9-5-4-6-10-14/h4-12H,13H2,1-3H3. The molecule has 4 heteroatoms. The molecule has 1 aromatic carbocycles. The molecular weight excluding hydrogens is 280 g/mol. The number of para-hydroxylation sites is 1. The third kappa shape index (κ3) is 4.90. The second kappa shape index (κ2) is 6.76. The molecule has 0 fully saturated rings. The maximum absolute atomic E-state index is 12.4. The predicted molar refractivity (Wildman–Crippen MR) is 88.9 cm³/mol. The number of aromatic nitrogens is 1. The Morgan fingerprint density at radius 1 is 1.10 bits per heavy atom. The van der Waals surface area contributed by atoms with Crippen molar-refractivity contribution in [2.75, 3.05) is 5.75 Å². The minimum atomic E-state index is 0.0465. The molecule has 110 valence electrons. The summed E-state index contributed by atoms with van der Waals surface area (Å²) >= 11 is 1.64. The number of carbonyl (C=O) groups excluding carboxylic acids is 1. The molecule has 0 aliphatic heterocycles. The quantitative estimate of drug-likeness (QED) is 0.861. The van der Waals surface area contributed by atoms with Gasteiger partial charge in [0, 0.05) is 10.9 Å². The molecular formula is C17H20N2OS. The smallest absolute Gasteiger partial charge is 0.242 e. The molecule has 3 nitrogen and oxygen atoms in total. The molecule has 0 bridgehead atoms. The summed E-state index contributed by atoms with van der Waals surface area (Å²) in [7, 11) is 0. The molecule has 1 aromatic heterocycles. The maximum Gasteiger partial charge on any atom is 0.242 e. The van der Waals surface area contributed by atoms with Crippen molar-refractivity contribution in [3.63, 3.8) is 0 Å². The van der Waals surface area contributed by atoms with Crippen molar-refractivity contribution in [1.29, 1.82) is 0 Å². The molecule has 21 heavy (non-hydrogen) atoms. The Morgan fingerprint density at radius 3 is 2.43 bits per heavy atom. The monoisotopic (exact) mass is 300 g/mol. The van der Waals surface area contributed by atoms with Gasteiger partial charge in [0.1, 0.15) is 5.49 Å². The summed E-state index contributed by atoms with van der Waals surface area (Å²) in [5.74, 6) is 0.486. The van der Waals surface area contributed by atoms with Crippen LogP contribution in [0.25, 0.3) is 0 Å². The van der Waals surface area contributed by atoms with Gasteiger partial charge in [0.15, 0.2) is 0 Å². The molecule has 0 atom stereocenters. The lowest BCUT2D eigenvalue weighted by molar-refractivity contribution is 0.0936. The van der Waals surface area contributed by atoms with E-state index in [0.717, 1.165) is 5.69 Å². The van der Waals surface area contributed by atoms with Crippen LogP contribution in [-0.2, 0) is 0 Å². The van der Waals surface area contributed by atoms with Crippen molar-refractivity contribution in [3.8, 4) is 0 Å². The molecule has 0 aliphatic carbocycles. The maximum atomic E-state index is 12.4. The molecule has 2 aromatic rings. The van der Waals surface area contributed by atoms with Crippen LogP contribution in [-0.4, -0.2) is 21.0 Å². The third-order valence-corrected chi connectivity index (χ3v) is 3.99. The van der Waals surface area contributed by atoms with Crippen LogP contribution in [0.15, 0.2) is 59.7 Å². The minimum Gasteiger partial charge on any atom is -0.273 e. The Bertz CT molecular complexity index is 669. The topological polar surface area (TPSA) is 34.4 Å².